The van der Waals surface area contributed by atoms with Gasteiger partial charge < -0.3 is 0 Å². The molecular weight excluding hydrogens is 398 g/mol. The van der Waals surface area contributed by atoms with Gasteiger partial charge in [0.2, 0.25) is 0 Å². The average Bonchev–Trinajstić information content (AvgIpc) is 2.15. The van der Waals surface area contributed by atoms with E-state index in [4.69, 9.17) is 0 Å². The highest BCUT2D eigenvalue weighted by Crippen LogP contribution is 2.35. The molecule has 14 heavy (non-hydrogen) atoms. The molecule has 2 heteroatoms. The molecule has 0 nitrogen and oxygen atoms in total. The van der Waals surface area contributed by atoms with Gasteiger partial charge in [-0.05, 0) is 50.4 Å². The molecule has 0 radical (unpaired) electrons. The summed E-state index contributed by atoms with van der Waals surface area (Å²) in [4.78, 5) is 0. The SMILES string of the molecule is CC(I)CCC(C)C1CCC(I)CC1. The zero-order chi connectivity index (χ0) is 10.6. The van der Waals surface area contributed by atoms with Crippen LogP contribution >= 0.6 is 45.2 Å². The molecule has 1 aliphatic rings. The first-order chi connectivity index (χ1) is 6.59. The molecule has 2 unspecified atom stereocenters. The van der Waals surface area contributed by atoms with Crippen molar-refractivity contribution >= 4 is 45.2 Å². The van der Waals surface area contributed by atoms with E-state index in [1.165, 1.54) is 38.5 Å². The van der Waals surface area contributed by atoms with E-state index >= 15 is 0 Å². The van der Waals surface area contributed by atoms with Crippen LogP contribution in [0.5, 0.6) is 0 Å². The molecule has 0 aromatic rings. The van der Waals surface area contributed by atoms with Crippen LogP contribution in [0.4, 0.5) is 0 Å². The predicted octanol–water partition coefficient (Wildman–Crippen LogP) is 5.22. The zero-order valence-electron chi connectivity index (χ0n) is 9.31. The molecule has 1 fully saturated rings. The minimum Gasteiger partial charge on any atom is -0.0829 e. The number of halogens is 2. The Morgan fingerprint density at radius 3 is 2.14 bits per heavy atom. The number of rotatable bonds is 4. The van der Waals surface area contributed by atoms with E-state index < -0.39 is 0 Å². The smallest absolute Gasteiger partial charge is 0.0110 e. The van der Waals surface area contributed by atoms with Crippen LogP contribution in [-0.4, -0.2) is 7.85 Å². The number of alkyl halides is 2. The first-order valence-corrected chi connectivity index (χ1v) is 8.37. The third kappa shape index (κ3) is 4.99. The Hall–Kier alpha value is 1.46. The maximum absolute atomic E-state index is 2.62. The summed E-state index contributed by atoms with van der Waals surface area (Å²) in [5, 5.41) is 0. The summed E-state index contributed by atoms with van der Waals surface area (Å²) in [5.74, 6) is 2.01. The highest BCUT2D eigenvalue weighted by atomic mass is 127. The quantitative estimate of drug-likeness (QED) is 0.432. The number of hydrogen-bond donors (Lipinski definition) is 0. The summed E-state index contributed by atoms with van der Waals surface area (Å²) in [5.41, 5.74) is 0. The summed E-state index contributed by atoms with van der Waals surface area (Å²) in [6.45, 7) is 4.80. The first kappa shape index (κ1) is 13.5. The van der Waals surface area contributed by atoms with E-state index in [-0.39, 0.29) is 0 Å². The second-order valence-corrected chi connectivity index (χ2v) is 8.74. The van der Waals surface area contributed by atoms with E-state index in [9.17, 15) is 0 Å². The van der Waals surface area contributed by atoms with E-state index in [0.717, 1.165) is 19.7 Å². The van der Waals surface area contributed by atoms with Crippen LogP contribution in [0.2, 0.25) is 0 Å². The second-order valence-electron chi connectivity index (χ2n) is 4.85. The molecule has 0 aliphatic heterocycles. The highest BCUT2D eigenvalue weighted by molar-refractivity contribution is 14.1. The van der Waals surface area contributed by atoms with Crippen molar-refractivity contribution in [3.05, 3.63) is 0 Å². The van der Waals surface area contributed by atoms with Crippen molar-refractivity contribution in [2.24, 2.45) is 11.8 Å². The summed E-state index contributed by atoms with van der Waals surface area (Å²) < 4.78 is 1.83. The van der Waals surface area contributed by atoms with Gasteiger partial charge in [0.05, 0.1) is 0 Å². The van der Waals surface area contributed by atoms with Crippen LogP contribution in [0, 0.1) is 11.8 Å². The molecule has 0 amide bonds. The Bertz CT molecular complexity index is 148. The molecule has 0 saturated heterocycles. The standard InChI is InChI=1S/C12H22I2/c1-9(3-4-10(2)13)11-5-7-12(14)8-6-11/h9-12H,3-8H2,1-2H3. The van der Waals surface area contributed by atoms with Crippen LogP contribution in [-0.2, 0) is 0 Å². The fraction of sp³-hybridized carbons (Fsp3) is 1.00. The van der Waals surface area contributed by atoms with Gasteiger partial charge in [-0.25, -0.2) is 0 Å². The monoisotopic (exact) mass is 420 g/mol. The van der Waals surface area contributed by atoms with Crippen LogP contribution < -0.4 is 0 Å². The Morgan fingerprint density at radius 1 is 1.07 bits per heavy atom. The molecule has 0 heterocycles. The Kier molecular flexibility index (Phi) is 6.68. The van der Waals surface area contributed by atoms with Crippen molar-refractivity contribution < 1.29 is 0 Å². The summed E-state index contributed by atoms with van der Waals surface area (Å²) in [6.07, 6.45) is 8.77. The third-order valence-corrected chi connectivity index (χ3v) is 5.39. The Balaban J connectivity index is 2.20. The van der Waals surface area contributed by atoms with E-state index in [1.807, 2.05) is 0 Å². The molecule has 1 rings (SSSR count). The summed E-state index contributed by atoms with van der Waals surface area (Å²) in [6, 6.07) is 0. The van der Waals surface area contributed by atoms with Gasteiger partial charge in [0.15, 0.2) is 0 Å². The Morgan fingerprint density at radius 2 is 1.64 bits per heavy atom. The van der Waals surface area contributed by atoms with Gasteiger partial charge in [-0.3, -0.25) is 0 Å². The van der Waals surface area contributed by atoms with E-state index in [1.54, 1.807) is 0 Å². The predicted molar refractivity (Wildman–Crippen MR) is 81.6 cm³/mol. The van der Waals surface area contributed by atoms with Crippen LogP contribution in [0.3, 0.4) is 0 Å². The van der Waals surface area contributed by atoms with Crippen molar-refractivity contribution in [3.63, 3.8) is 0 Å². The largest absolute Gasteiger partial charge is 0.0829 e. The minimum atomic E-state index is 0.857. The lowest BCUT2D eigenvalue weighted by atomic mass is 9.79. The highest BCUT2D eigenvalue weighted by Gasteiger charge is 2.23. The van der Waals surface area contributed by atoms with Crippen molar-refractivity contribution in [2.45, 2.75) is 60.2 Å². The van der Waals surface area contributed by atoms with Gasteiger partial charge in [-0.1, -0.05) is 59.0 Å². The fourth-order valence-electron chi connectivity index (χ4n) is 2.38. The van der Waals surface area contributed by atoms with Crippen molar-refractivity contribution in [1.29, 1.82) is 0 Å². The van der Waals surface area contributed by atoms with Gasteiger partial charge in [-0.2, -0.15) is 0 Å². The topological polar surface area (TPSA) is 0 Å². The molecule has 2 atom stereocenters. The molecule has 0 spiro atoms. The van der Waals surface area contributed by atoms with Gasteiger partial charge in [0.25, 0.3) is 0 Å². The Labute approximate surface area is 116 Å². The molecule has 0 aromatic carbocycles. The van der Waals surface area contributed by atoms with Crippen LogP contribution in [0.15, 0.2) is 0 Å². The van der Waals surface area contributed by atoms with E-state index in [0.29, 0.717) is 0 Å². The van der Waals surface area contributed by atoms with E-state index in [2.05, 4.69) is 59.0 Å². The minimum absolute atomic E-state index is 0.857. The van der Waals surface area contributed by atoms with Gasteiger partial charge in [0.1, 0.15) is 0 Å². The lowest BCUT2D eigenvalue weighted by Gasteiger charge is -2.30. The molecular formula is C12H22I2. The average molecular weight is 420 g/mol. The second kappa shape index (κ2) is 6.92. The molecule has 1 aliphatic carbocycles. The summed E-state index contributed by atoms with van der Waals surface area (Å²) in [7, 11) is 0. The van der Waals surface area contributed by atoms with Gasteiger partial charge in [0, 0.05) is 7.85 Å². The molecule has 1 saturated carbocycles. The number of hydrogen-bond acceptors (Lipinski definition) is 0. The molecule has 84 valence electrons. The van der Waals surface area contributed by atoms with Crippen LogP contribution in [0.1, 0.15) is 52.4 Å². The first-order valence-electron chi connectivity index (χ1n) is 5.87. The third-order valence-electron chi connectivity index (χ3n) is 3.53. The molecule has 0 bridgehead atoms. The van der Waals surface area contributed by atoms with Crippen molar-refractivity contribution in [3.8, 4) is 0 Å². The van der Waals surface area contributed by atoms with Crippen molar-refractivity contribution in [2.75, 3.05) is 0 Å². The normalized spacial score (nSPS) is 32.6. The maximum Gasteiger partial charge on any atom is 0.0110 e. The molecule has 0 aromatic heterocycles. The molecule has 0 N–H and O–H groups in total. The fourth-order valence-corrected chi connectivity index (χ4v) is 3.45. The summed E-state index contributed by atoms with van der Waals surface area (Å²) >= 11 is 5.17. The van der Waals surface area contributed by atoms with Gasteiger partial charge in [-0.15, -0.1) is 0 Å². The lowest BCUT2D eigenvalue weighted by Crippen LogP contribution is -2.20. The lowest BCUT2D eigenvalue weighted by molar-refractivity contribution is 0.256. The van der Waals surface area contributed by atoms with Crippen LogP contribution in [0.25, 0.3) is 0 Å². The zero-order valence-corrected chi connectivity index (χ0v) is 13.6. The van der Waals surface area contributed by atoms with Gasteiger partial charge >= 0.3 is 0 Å². The maximum atomic E-state index is 2.62. The van der Waals surface area contributed by atoms with Crippen molar-refractivity contribution in [1.82, 2.24) is 0 Å².